The number of nitrogens with zero attached hydrogens (tertiary/aromatic N) is 1. The Morgan fingerprint density at radius 3 is 2.82 bits per heavy atom. The quantitative estimate of drug-likeness (QED) is 0.604. The first-order valence-electron chi connectivity index (χ1n) is 6.70. The highest BCUT2D eigenvalue weighted by Crippen LogP contribution is 2.31. The molecule has 1 aromatic carbocycles. The predicted molar refractivity (Wildman–Crippen MR) is 81.9 cm³/mol. The second kappa shape index (κ2) is 8.02. The number of benzene rings is 1. The molecule has 0 saturated heterocycles. The van der Waals surface area contributed by atoms with Crippen molar-refractivity contribution >= 4 is 22.8 Å². The summed E-state index contributed by atoms with van der Waals surface area (Å²) < 4.78 is 10.5. The molecule has 0 radical (unpaired) electrons. The minimum absolute atomic E-state index is 0.00827. The van der Waals surface area contributed by atoms with Gasteiger partial charge in [-0.3, -0.25) is 4.99 Å². The molecule has 0 spiro atoms. The summed E-state index contributed by atoms with van der Waals surface area (Å²) in [5.74, 6) is -0.131. The Morgan fingerprint density at radius 2 is 2.18 bits per heavy atom. The van der Waals surface area contributed by atoms with Gasteiger partial charge in [0.05, 0.1) is 19.8 Å². The molecule has 8 heteroatoms. The molecule has 0 bridgehead atoms. The van der Waals surface area contributed by atoms with Crippen molar-refractivity contribution in [2.24, 2.45) is 4.99 Å². The van der Waals surface area contributed by atoms with E-state index < -0.39 is 12.0 Å². The van der Waals surface area contributed by atoms with Gasteiger partial charge in [-0.1, -0.05) is 0 Å². The van der Waals surface area contributed by atoms with E-state index in [0.717, 1.165) is 0 Å². The zero-order chi connectivity index (χ0) is 15.9. The maximum atomic E-state index is 10.9. The van der Waals surface area contributed by atoms with Crippen LogP contribution in [0.15, 0.2) is 23.2 Å². The lowest BCUT2D eigenvalue weighted by Crippen LogP contribution is -2.17. The molecule has 0 aromatic heterocycles. The van der Waals surface area contributed by atoms with E-state index in [9.17, 15) is 9.90 Å². The highest BCUT2D eigenvalue weighted by molar-refractivity contribution is 8.14. The van der Waals surface area contributed by atoms with E-state index in [2.05, 4.69) is 4.99 Å². The number of thioether (sulfide) groups is 1. The third-order valence-electron chi connectivity index (χ3n) is 2.87. The number of aliphatic hydroxyl groups excluding tert-OH is 1. The zero-order valence-corrected chi connectivity index (χ0v) is 12.6. The van der Waals surface area contributed by atoms with Crippen molar-refractivity contribution in [1.29, 1.82) is 0 Å². The molecule has 7 nitrogen and oxygen atoms in total. The molecule has 0 saturated carbocycles. The zero-order valence-electron chi connectivity index (χ0n) is 11.8. The van der Waals surface area contributed by atoms with Crippen molar-refractivity contribution in [3.63, 3.8) is 0 Å². The summed E-state index contributed by atoms with van der Waals surface area (Å²) in [5.41, 5.74) is 0.498. The number of aliphatic carboxylic acids is 1. The van der Waals surface area contributed by atoms with Crippen LogP contribution in [0.4, 0.5) is 0 Å². The molecule has 0 fully saturated rings. The Balaban J connectivity index is 1.95. The third kappa shape index (κ3) is 4.36. The molecule has 2 rings (SSSR count). The van der Waals surface area contributed by atoms with Crippen molar-refractivity contribution in [3.05, 3.63) is 23.8 Å². The van der Waals surface area contributed by atoms with Gasteiger partial charge in [0.25, 0.3) is 0 Å². The first-order chi connectivity index (χ1) is 10.6. The van der Waals surface area contributed by atoms with E-state index in [1.165, 1.54) is 17.8 Å². The number of aliphatic imine (C=N–C) groups is 1. The number of phenolic OH excluding ortho intramolecular Hbond substituents is 1. The average Bonchev–Trinajstić information content (AvgIpc) is 2.97. The van der Waals surface area contributed by atoms with Gasteiger partial charge in [-0.05, 0) is 12.1 Å². The lowest BCUT2D eigenvalue weighted by molar-refractivity contribution is -0.137. The van der Waals surface area contributed by atoms with Crippen LogP contribution in [0.3, 0.4) is 0 Å². The maximum absolute atomic E-state index is 10.9. The number of ether oxygens (including phenoxy) is 2. The van der Waals surface area contributed by atoms with Crippen LogP contribution < -0.4 is 4.74 Å². The number of phenols is 1. The first-order valence-corrected chi connectivity index (χ1v) is 7.68. The molecule has 1 aliphatic heterocycles. The van der Waals surface area contributed by atoms with E-state index in [1.54, 1.807) is 12.1 Å². The van der Waals surface area contributed by atoms with Crippen molar-refractivity contribution in [3.8, 4) is 11.5 Å². The molecule has 120 valence electrons. The van der Waals surface area contributed by atoms with Gasteiger partial charge in [0.1, 0.15) is 23.1 Å². The van der Waals surface area contributed by atoms with E-state index in [4.69, 9.17) is 19.7 Å². The number of aliphatic hydroxyl groups is 1. The topological polar surface area (TPSA) is 109 Å². The lowest BCUT2D eigenvalue weighted by Gasteiger charge is -2.09. The van der Waals surface area contributed by atoms with E-state index in [1.807, 2.05) is 0 Å². The third-order valence-corrected chi connectivity index (χ3v) is 3.95. The fourth-order valence-electron chi connectivity index (χ4n) is 1.81. The fraction of sp³-hybridized carbons (Fsp3) is 0.429. The summed E-state index contributed by atoms with van der Waals surface area (Å²) in [5, 5.41) is 28.0. The van der Waals surface area contributed by atoms with Crippen molar-refractivity contribution in [1.82, 2.24) is 0 Å². The Kier molecular flexibility index (Phi) is 6.05. The second-order valence-electron chi connectivity index (χ2n) is 4.46. The van der Waals surface area contributed by atoms with Gasteiger partial charge < -0.3 is 24.8 Å². The number of aromatic hydroxyl groups is 1. The molecular weight excluding hydrogens is 310 g/mol. The Bertz CT molecular complexity index is 562. The van der Waals surface area contributed by atoms with Crippen LogP contribution >= 0.6 is 11.8 Å². The Morgan fingerprint density at radius 1 is 1.36 bits per heavy atom. The van der Waals surface area contributed by atoms with Crippen molar-refractivity contribution < 1.29 is 29.6 Å². The first kappa shape index (κ1) is 16.6. The van der Waals surface area contributed by atoms with Crippen LogP contribution in [0.25, 0.3) is 0 Å². The predicted octanol–water partition coefficient (Wildman–Crippen LogP) is 0.726. The van der Waals surface area contributed by atoms with E-state index >= 15 is 0 Å². The molecule has 22 heavy (non-hydrogen) atoms. The standard InChI is InChI=1S/C14H17NO6S/c16-3-4-20-5-6-21-9-1-2-10(12(17)7-9)13-15-11(8-22-13)14(18)19/h1-2,7,11,16-17H,3-6,8H2,(H,18,19)/t11-/m1/s1. The molecule has 1 atom stereocenters. The van der Waals surface area contributed by atoms with E-state index in [-0.39, 0.29) is 19.0 Å². The van der Waals surface area contributed by atoms with Crippen LogP contribution in [0.1, 0.15) is 5.56 Å². The summed E-state index contributed by atoms with van der Waals surface area (Å²) >= 11 is 1.30. The highest BCUT2D eigenvalue weighted by Gasteiger charge is 2.26. The molecule has 1 heterocycles. The Labute approximate surface area is 131 Å². The summed E-state index contributed by atoms with van der Waals surface area (Å²) in [4.78, 5) is 15.0. The summed E-state index contributed by atoms with van der Waals surface area (Å²) in [6, 6.07) is 4.02. The minimum atomic E-state index is -0.968. The number of carbonyl (C=O) groups is 1. The van der Waals surface area contributed by atoms with Gasteiger partial charge in [-0.2, -0.15) is 0 Å². The molecule has 0 aliphatic carbocycles. The fourth-order valence-corrected chi connectivity index (χ4v) is 2.88. The molecule has 0 amide bonds. The average molecular weight is 327 g/mol. The van der Waals surface area contributed by atoms with Gasteiger partial charge in [-0.15, -0.1) is 11.8 Å². The molecule has 1 aliphatic rings. The van der Waals surface area contributed by atoms with Crippen LogP contribution in [-0.2, 0) is 9.53 Å². The summed E-state index contributed by atoms with van der Waals surface area (Å²) in [7, 11) is 0. The number of rotatable bonds is 8. The Hall–Kier alpha value is -1.77. The molecule has 0 unspecified atom stereocenters. The van der Waals surface area contributed by atoms with Gasteiger partial charge in [-0.25, -0.2) is 4.79 Å². The van der Waals surface area contributed by atoms with Gasteiger partial charge in [0.2, 0.25) is 0 Å². The van der Waals surface area contributed by atoms with Crippen LogP contribution in [0.2, 0.25) is 0 Å². The van der Waals surface area contributed by atoms with Gasteiger partial charge in [0.15, 0.2) is 6.04 Å². The minimum Gasteiger partial charge on any atom is -0.507 e. The number of hydrogen-bond acceptors (Lipinski definition) is 7. The number of hydrogen-bond donors (Lipinski definition) is 3. The van der Waals surface area contributed by atoms with Crippen LogP contribution in [0, 0.1) is 0 Å². The second-order valence-corrected chi connectivity index (χ2v) is 5.47. The van der Waals surface area contributed by atoms with Crippen molar-refractivity contribution in [2.45, 2.75) is 6.04 Å². The molecular formula is C14H17NO6S. The largest absolute Gasteiger partial charge is 0.507 e. The molecule has 3 N–H and O–H groups in total. The summed E-state index contributed by atoms with van der Waals surface area (Å²) in [6.45, 7) is 0.865. The van der Waals surface area contributed by atoms with E-state index in [0.29, 0.717) is 35.3 Å². The maximum Gasteiger partial charge on any atom is 0.329 e. The number of carboxylic acids is 1. The van der Waals surface area contributed by atoms with Crippen LogP contribution in [0.5, 0.6) is 11.5 Å². The SMILES string of the molecule is O=C(O)[C@H]1CSC(c2ccc(OCCOCCO)cc2O)=N1. The lowest BCUT2D eigenvalue weighted by atomic mass is 10.2. The molecule has 1 aromatic rings. The normalized spacial score (nSPS) is 17.3. The monoisotopic (exact) mass is 327 g/mol. The van der Waals surface area contributed by atoms with Gasteiger partial charge in [0, 0.05) is 17.4 Å². The highest BCUT2D eigenvalue weighted by atomic mass is 32.2. The number of carboxylic acid groups (broad SMARTS) is 1. The van der Waals surface area contributed by atoms with Crippen LogP contribution in [-0.4, -0.2) is 64.6 Å². The summed E-state index contributed by atoms with van der Waals surface area (Å²) in [6.07, 6.45) is 0. The van der Waals surface area contributed by atoms with Gasteiger partial charge >= 0.3 is 5.97 Å². The smallest absolute Gasteiger partial charge is 0.329 e. The van der Waals surface area contributed by atoms with Crippen molar-refractivity contribution in [2.75, 3.05) is 32.2 Å².